The maximum Gasteiger partial charge on any atom is 0.199 e. The van der Waals surface area contributed by atoms with Crippen LogP contribution in [0.3, 0.4) is 0 Å². The minimum absolute atomic E-state index is 0. The first-order chi connectivity index (χ1) is 5.25. The van der Waals surface area contributed by atoms with Crippen LogP contribution in [0.5, 0.6) is 0 Å². The van der Waals surface area contributed by atoms with E-state index < -0.39 is 0 Å². The molecule has 0 saturated carbocycles. The second kappa shape index (κ2) is 4.58. The number of hydrogen-bond donors (Lipinski definition) is 0. The predicted molar refractivity (Wildman–Crippen MR) is 47.8 cm³/mol. The maximum atomic E-state index is 4.07. The second-order valence-electron chi connectivity index (χ2n) is 2.90. The van der Waals surface area contributed by atoms with E-state index in [2.05, 4.69) is 31.6 Å². The first-order valence-electron chi connectivity index (χ1n) is 3.98. The van der Waals surface area contributed by atoms with Gasteiger partial charge in [-0.15, -0.1) is 0 Å². The maximum absolute atomic E-state index is 4.07. The van der Waals surface area contributed by atoms with Gasteiger partial charge in [0.2, 0.25) is 0 Å². The fourth-order valence-corrected chi connectivity index (χ4v) is 1.21. The molecule has 1 aliphatic heterocycles. The molecule has 1 aliphatic rings. The van der Waals surface area contributed by atoms with Gasteiger partial charge in [-0.3, -0.25) is 0 Å². The summed E-state index contributed by atoms with van der Waals surface area (Å²) >= 11 is 0. The molecule has 12 heavy (non-hydrogen) atoms. The zero-order chi connectivity index (χ0) is 8.32. The molecule has 2 unspecified atom stereocenters. The molecule has 2 nitrogen and oxygen atoms in total. The van der Waals surface area contributed by atoms with Crippen molar-refractivity contribution < 1.29 is 21.5 Å². The molecule has 2 atom stereocenters. The lowest BCUT2D eigenvalue weighted by Gasteiger charge is -2.28. The molecule has 0 amide bonds. The molecule has 0 aromatic heterocycles. The van der Waals surface area contributed by atoms with Gasteiger partial charge < -0.3 is 17.0 Å². The Kier molecular flexibility index (Phi) is 4.42. The van der Waals surface area contributed by atoms with Crippen LogP contribution in [-0.2, 0) is 0 Å². The lowest BCUT2D eigenvalue weighted by Crippen LogP contribution is -3.00. The highest BCUT2D eigenvalue weighted by Crippen LogP contribution is 2.19. The molecule has 0 radical (unpaired) electrons. The van der Waals surface area contributed by atoms with Crippen LogP contribution < -0.4 is 17.0 Å². The van der Waals surface area contributed by atoms with E-state index in [9.17, 15) is 0 Å². The van der Waals surface area contributed by atoms with Gasteiger partial charge in [-0.05, 0) is 19.9 Å². The molecule has 0 aliphatic carbocycles. The third-order valence-corrected chi connectivity index (χ3v) is 2.35. The van der Waals surface area contributed by atoms with Crippen LogP contribution in [0, 0.1) is 0 Å². The van der Waals surface area contributed by atoms with Crippen LogP contribution in [0.1, 0.15) is 20.3 Å². The van der Waals surface area contributed by atoms with Crippen molar-refractivity contribution in [3.63, 3.8) is 0 Å². The third-order valence-electron chi connectivity index (χ3n) is 2.35. The fraction of sp³-hybridized carbons (Fsp3) is 0.444. The van der Waals surface area contributed by atoms with Crippen LogP contribution in [0.25, 0.3) is 0 Å². The van der Waals surface area contributed by atoms with E-state index in [0.29, 0.717) is 10.5 Å². The van der Waals surface area contributed by atoms with Crippen molar-refractivity contribution in [2.45, 2.75) is 26.3 Å². The van der Waals surface area contributed by atoms with Crippen LogP contribution in [0.4, 0.5) is 0 Å². The van der Waals surface area contributed by atoms with Gasteiger partial charge in [0.25, 0.3) is 0 Å². The van der Waals surface area contributed by atoms with Crippen molar-refractivity contribution >= 4 is 6.34 Å². The van der Waals surface area contributed by atoms with Crippen molar-refractivity contribution in [1.29, 1.82) is 0 Å². The Morgan fingerprint density at radius 1 is 1.67 bits per heavy atom. The van der Waals surface area contributed by atoms with Crippen molar-refractivity contribution in [3.05, 3.63) is 25.2 Å². The summed E-state index contributed by atoms with van der Waals surface area (Å²) in [6.45, 7) is 8.19. The summed E-state index contributed by atoms with van der Waals surface area (Å²) in [7, 11) is 0. The Balaban J connectivity index is 0.00000121. The Hall–Kier alpha value is -0.410. The smallest absolute Gasteiger partial charge is 0.199 e. The summed E-state index contributed by atoms with van der Waals surface area (Å²) in [5, 5.41) is 0. The molecule has 68 valence electrons. The van der Waals surface area contributed by atoms with E-state index in [1.165, 1.54) is 0 Å². The predicted octanol–water partition coefficient (Wildman–Crippen LogP) is -0.738. The first-order valence-corrected chi connectivity index (χ1v) is 3.98. The molecular formula is C9H15BrN2. The van der Waals surface area contributed by atoms with Crippen molar-refractivity contribution in [3.8, 4) is 0 Å². The average molecular weight is 231 g/mol. The molecule has 0 aromatic carbocycles. The van der Waals surface area contributed by atoms with E-state index in [4.69, 9.17) is 0 Å². The second-order valence-corrected chi connectivity index (χ2v) is 2.90. The lowest BCUT2D eigenvalue weighted by atomic mass is 10.2. The van der Waals surface area contributed by atoms with Gasteiger partial charge >= 0.3 is 0 Å². The van der Waals surface area contributed by atoms with Gasteiger partial charge in [0.15, 0.2) is 6.34 Å². The summed E-state index contributed by atoms with van der Waals surface area (Å²) in [5.41, 5.74) is 0. The van der Waals surface area contributed by atoms with Gasteiger partial charge in [-0.25, -0.2) is 9.48 Å². The zero-order valence-corrected chi connectivity index (χ0v) is 9.16. The molecule has 0 spiro atoms. The van der Waals surface area contributed by atoms with Gasteiger partial charge in [0.05, 0.1) is 18.4 Å². The van der Waals surface area contributed by atoms with E-state index in [1.54, 1.807) is 0 Å². The SMILES string of the molecule is C=C[N+]1(C(C)CC)C=CN=C1.[Br-]. The minimum atomic E-state index is 0. The molecular weight excluding hydrogens is 216 g/mol. The van der Waals surface area contributed by atoms with E-state index in [-0.39, 0.29) is 17.0 Å². The van der Waals surface area contributed by atoms with Gasteiger partial charge in [-0.1, -0.05) is 6.92 Å². The topological polar surface area (TPSA) is 12.4 Å². The monoisotopic (exact) mass is 230 g/mol. The standard InChI is InChI=1S/C9H15N2.BrH/c1-4-9(3)11(5-2)7-6-10-8-11;/h5-9H,2,4H2,1,3H3;1H/q+1;/p-1. The van der Waals surface area contributed by atoms with Crippen molar-refractivity contribution in [2.24, 2.45) is 4.99 Å². The lowest BCUT2D eigenvalue weighted by molar-refractivity contribution is -0.750. The molecule has 0 fully saturated rings. The number of nitrogens with zero attached hydrogens (tertiary/aromatic N) is 2. The number of halogens is 1. The largest absolute Gasteiger partial charge is 1.00 e. The highest BCUT2D eigenvalue weighted by atomic mass is 79.9. The number of aliphatic imine (C=N–C) groups is 1. The van der Waals surface area contributed by atoms with E-state index in [0.717, 1.165) is 6.42 Å². The van der Waals surface area contributed by atoms with E-state index in [1.807, 2.05) is 18.7 Å². The summed E-state index contributed by atoms with van der Waals surface area (Å²) in [4.78, 5) is 4.07. The van der Waals surface area contributed by atoms with Gasteiger partial charge in [0, 0.05) is 0 Å². The highest BCUT2D eigenvalue weighted by Gasteiger charge is 2.28. The Labute approximate surface area is 84.7 Å². The Morgan fingerprint density at radius 3 is 2.67 bits per heavy atom. The van der Waals surface area contributed by atoms with E-state index >= 15 is 0 Å². The number of rotatable bonds is 3. The molecule has 0 aromatic rings. The Morgan fingerprint density at radius 2 is 2.33 bits per heavy atom. The molecule has 3 heteroatoms. The summed E-state index contributed by atoms with van der Waals surface area (Å²) < 4.78 is 0.691. The first kappa shape index (κ1) is 11.6. The highest BCUT2D eigenvalue weighted by molar-refractivity contribution is 5.52. The quantitative estimate of drug-likeness (QED) is 0.567. The molecule has 1 rings (SSSR count). The number of hydrogen-bond acceptors (Lipinski definition) is 1. The summed E-state index contributed by atoms with van der Waals surface area (Å²) in [6, 6.07) is 0.537. The van der Waals surface area contributed by atoms with Crippen LogP contribution in [-0.4, -0.2) is 16.9 Å². The summed E-state index contributed by atoms with van der Waals surface area (Å²) in [6.07, 6.45) is 8.85. The molecule has 0 N–H and O–H groups in total. The fourth-order valence-electron chi connectivity index (χ4n) is 1.21. The number of quaternary nitrogens is 1. The molecule has 0 bridgehead atoms. The minimum Gasteiger partial charge on any atom is -1.00 e. The van der Waals surface area contributed by atoms with Gasteiger partial charge in [0.1, 0.15) is 6.20 Å². The molecule has 0 saturated heterocycles. The zero-order valence-electron chi connectivity index (χ0n) is 7.57. The normalized spacial score (nSPS) is 28.2. The third kappa shape index (κ3) is 1.84. The van der Waals surface area contributed by atoms with Crippen molar-refractivity contribution in [2.75, 3.05) is 0 Å². The van der Waals surface area contributed by atoms with Crippen LogP contribution in [0.15, 0.2) is 30.2 Å². The average Bonchev–Trinajstić information content (AvgIpc) is 2.52. The molecule has 1 heterocycles. The van der Waals surface area contributed by atoms with Crippen LogP contribution >= 0.6 is 0 Å². The summed E-state index contributed by atoms with van der Waals surface area (Å²) in [5.74, 6) is 0. The van der Waals surface area contributed by atoms with Gasteiger partial charge in [-0.2, -0.15) is 0 Å². The van der Waals surface area contributed by atoms with Crippen LogP contribution in [0.2, 0.25) is 0 Å². The van der Waals surface area contributed by atoms with Crippen molar-refractivity contribution in [1.82, 2.24) is 0 Å². The Bertz CT molecular complexity index is 197.